The molecule has 32 heavy (non-hydrogen) atoms. The van der Waals surface area contributed by atoms with Crippen LogP contribution in [0.1, 0.15) is 57.4 Å². The molecular formula is C26H33ClN2O3. The Labute approximate surface area is 196 Å². The molecule has 0 bridgehead atoms. The molecule has 0 saturated heterocycles. The number of amides is 2. The fourth-order valence-electron chi connectivity index (χ4n) is 4.17. The van der Waals surface area contributed by atoms with Crippen molar-refractivity contribution in [1.82, 2.24) is 10.2 Å². The number of rotatable bonds is 11. The largest absolute Gasteiger partial charge is 0.494 e. The van der Waals surface area contributed by atoms with Gasteiger partial charge in [-0.1, -0.05) is 67.8 Å². The van der Waals surface area contributed by atoms with Gasteiger partial charge in [-0.25, -0.2) is 0 Å². The molecule has 0 aromatic heterocycles. The monoisotopic (exact) mass is 456 g/mol. The Morgan fingerprint density at radius 1 is 1.09 bits per heavy atom. The van der Waals surface area contributed by atoms with E-state index in [1.807, 2.05) is 61.5 Å². The van der Waals surface area contributed by atoms with E-state index < -0.39 is 6.04 Å². The first-order chi connectivity index (χ1) is 15.6. The van der Waals surface area contributed by atoms with Crippen LogP contribution in [0, 0.1) is 0 Å². The van der Waals surface area contributed by atoms with Crippen LogP contribution in [0.25, 0.3) is 0 Å². The summed E-state index contributed by atoms with van der Waals surface area (Å²) in [5, 5.41) is 3.76. The van der Waals surface area contributed by atoms with Gasteiger partial charge in [-0.3, -0.25) is 9.59 Å². The van der Waals surface area contributed by atoms with Crippen LogP contribution in [0.5, 0.6) is 5.75 Å². The molecule has 1 saturated carbocycles. The van der Waals surface area contributed by atoms with E-state index in [0.29, 0.717) is 37.4 Å². The van der Waals surface area contributed by atoms with E-state index in [4.69, 9.17) is 16.3 Å². The first kappa shape index (κ1) is 24.1. The number of hydrogen-bond acceptors (Lipinski definition) is 3. The Kier molecular flexibility index (Phi) is 9.42. The summed E-state index contributed by atoms with van der Waals surface area (Å²) in [4.78, 5) is 28.1. The number of para-hydroxylation sites is 1. The third kappa shape index (κ3) is 6.99. The third-order valence-electron chi connectivity index (χ3n) is 5.93. The lowest BCUT2D eigenvalue weighted by Gasteiger charge is -2.32. The number of hydrogen-bond donors (Lipinski definition) is 1. The molecule has 2 aromatic carbocycles. The molecule has 1 aliphatic rings. The molecule has 0 spiro atoms. The van der Waals surface area contributed by atoms with Gasteiger partial charge in [0, 0.05) is 24.0 Å². The Bertz CT molecular complexity index is 868. The van der Waals surface area contributed by atoms with Gasteiger partial charge in [0.15, 0.2) is 0 Å². The van der Waals surface area contributed by atoms with E-state index in [1.54, 1.807) is 4.90 Å². The highest BCUT2D eigenvalue weighted by atomic mass is 35.5. The van der Waals surface area contributed by atoms with Crippen LogP contribution in [-0.4, -0.2) is 35.4 Å². The number of halogens is 1. The molecule has 1 N–H and O–H groups in total. The summed E-state index contributed by atoms with van der Waals surface area (Å²) in [6, 6.07) is 16.7. The maximum atomic E-state index is 13.3. The van der Waals surface area contributed by atoms with Crippen molar-refractivity contribution in [1.29, 1.82) is 0 Å². The van der Waals surface area contributed by atoms with Gasteiger partial charge in [0.2, 0.25) is 11.8 Å². The van der Waals surface area contributed by atoms with Crippen molar-refractivity contribution in [3.8, 4) is 5.75 Å². The van der Waals surface area contributed by atoms with Gasteiger partial charge in [0.1, 0.15) is 11.8 Å². The van der Waals surface area contributed by atoms with Crippen molar-refractivity contribution in [2.45, 2.75) is 70.5 Å². The quantitative estimate of drug-likeness (QED) is 0.463. The first-order valence-corrected chi connectivity index (χ1v) is 12.0. The molecule has 1 fully saturated rings. The van der Waals surface area contributed by atoms with Crippen molar-refractivity contribution >= 4 is 23.4 Å². The summed E-state index contributed by atoms with van der Waals surface area (Å²) in [7, 11) is 0. The lowest BCUT2D eigenvalue weighted by atomic mass is 10.1. The molecule has 0 radical (unpaired) electrons. The molecular weight excluding hydrogens is 424 g/mol. The minimum atomic E-state index is -0.519. The smallest absolute Gasteiger partial charge is 0.243 e. The maximum absolute atomic E-state index is 13.3. The van der Waals surface area contributed by atoms with E-state index in [0.717, 1.165) is 37.0 Å². The predicted octanol–water partition coefficient (Wildman–Crippen LogP) is 5.37. The molecule has 6 heteroatoms. The van der Waals surface area contributed by atoms with Crippen LogP contribution in [0.15, 0.2) is 54.6 Å². The minimum Gasteiger partial charge on any atom is -0.494 e. The predicted molar refractivity (Wildman–Crippen MR) is 128 cm³/mol. The number of benzene rings is 2. The summed E-state index contributed by atoms with van der Waals surface area (Å²) in [5.41, 5.74) is 0.843. The highest BCUT2D eigenvalue weighted by Gasteiger charge is 2.30. The zero-order valence-corrected chi connectivity index (χ0v) is 19.5. The summed E-state index contributed by atoms with van der Waals surface area (Å²) in [6.07, 6.45) is 5.75. The van der Waals surface area contributed by atoms with Crippen LogP contribution in [0.4, 0.5) is 0 Å². The molecule has 0 unspecified atom stereocenters. The zero-order chi connectivity index (χ0) is 22.8. The average molecular weight is 457 g/mol. The van der Waals surface area contributed by atoms with Crippen LogP contribution in [-0.2, 0) is 16.1 Å². The van der Waals surface area contributed by atoms with Gasteiger partial charge in [-0.15, -0.1) is 0 Å². The molecule has 1 atom stereocenters. The summed E-state index contributed by atoms with van der Waals surface area (Å²) < 4.78 is 5.73. The van der Waals surface area contributed by atoms with Crippen LogP contribution < -0.4 is 10.1 Å². The second-order valence-electron chi connectivity index (χ2n) is 8.29. The maximum Gasteiger partial charge on any atom is 0.243 e. The number of ether oxygens (including phenoxy) is 1. The van der Waals surface area contributed by atoms with Gasteiger partial charge in [-0.2, -0.15) is 0 Å². The molecule has 5 nitrogen and oxygen atoms in total. The molecule has 0 heterocycles. The van der Waals surface area contributed by atoms with Crippen LogP contribution >= 0.6 is 11.6 Å². The summed E-state index contributed by atoms with van der Waals surface area (Å²) >= 11 is 6.37. The standard InChI is InChI=1S/C26H33ClN2O3/c1-2-24(26(31)28-21-12-7-8-13-21)29(19-20-11-6-9-16-23(20)27)25(30)17-10-18-32-22-14-4-3-5-15-22/h3-6,9,11,14-16,21,24H,2,7-8,10,12-13,17-19H2,1H3,(H,28,31)/t24-/m1/s1. The SMILES string of the molecule is CC[C@H](C(=O)NC1CCCC1)N(Cc1ccccc1Cl)C(=O)CCCOc1ccccc1. The van der Waals surface area contributed by atoms with E-state index in [1.165, 1.54) is 0 Å². The molecule has 1 aliphatic carbocycles. The lowest BCUT2D eigenvalue weighted by Crippen LogP contribution is -2.51. The van der Waals surface area contributed by atoms with Crippen molar-refractivity contribution < 1.29 is 14.3 Å². The van der Waals surface area contributed by atoms with E-state index in [-0.39, 0.29) is 17.9 Å². The van der Waals surface area contributed by atoms with E-state index in [9.17, 15) is 9.59 Å². The second-order valence-corrected chi connectivity index (χ2v) is 8.70. The molecule has 2 amide bonds. The fourth-order valence-corrected chi connectivity index (χ4v) is 4.37. The van der Waals surface area contributed by atoms with Gasteiger partial charge in [-0.05, 0) is 49.4 Å². The fraction of sp³-hybridized carbons (Fsp3) is 0.462. The Balaban J connectivity index is 1.66. The molecule has 172 valence electrons. The molecule has 2 aromatic rings. The van der Waals surface area contributed by atoms with Gasteiger partial charge in [0.05, 0.1) is 6.61 Å². The Hall–Kier alpha value is -2.53. The Morgan fingerprint density at radius 2 is 1.78 bits per heavy atom. The van der Waals surface area contributed by atoms with Gasteiger partial charge < -0.3 is 15.0 Å². The van der Waals surface area contributed by atoms with Crippen molar-refractivity contribution in [3.63, 3.8) is 0 Å². The molecule has 3 rings (SSSR count). The van der Waals surface area contributed by atoms with E-state index in [2.05, 4.69) is 5.32 Å². The number of carbonyl (C=O) groups excluding carboxylic acids is 2. The number of nitrogens with one attached hydrogen (secondary N) is 1. The number of nitrogens with zero attached hydrogens (tertiary/aromatic N) is 1. The highest BCUT2D eigenvalue weighted by Crippen LogP contribution is 2.22. The normalized spacial score (nSPS) is 14.7. The molecule has 0 aliphatic heterocycles. The van der Waals surface area contributed by atoms with Gasteiger partial charge >= 0.3 is 0 Å². The highest BCUT2D eigenvalue weighted by molar-refractivity contribution is 6.31. The summed E-state index contributed by atoms with van der Waals surface area (Å²) in [5.74, 6) is 0.658. The van der Waals surface area contributed by atoms with Crippen molar-refractivity contribution in [3.05, 3.63) is 65.2 Å². The van der Waals surface area contributed by atoms with Crippen LogP contribution in [0.3, 0.4) is 0 Å². The lowest BCUT2D eigenvalue weighted by molar-refractivity contribution is -0.141. The topological polar surface area (TPSA) is 58.6 Å². The number of carbonyl (C=O) groups is 2. The zero-order valence-electron chi connectivity index (χ0n) is 18.8. The first-order valence-electron chi connectivity index (χ1n) is 11.6. The van der Waals surface area contributed by atoms with Crippen molar-refractivity contribution in [2.24, 2.45) is 0 Å². The van der Waals surface area contributed by atoms with Gasteiger partial charge in [0.25, 0.3) is 0 Å². The average Bonchev–Trinajstić information content (AvgIpc) is 3.31. The minimum absolute atomic E-state index is 0.0602. The van der Waals surface area contributed by atoms with E-state index >= 15 is 0 Å². The van der Waals surface area contributed by atoms with Crippen molar-refractivity contribution in [2.75, 3.05) is 6.61 Å². The Morgan fingerprint density at radius 3 is 2.47 bits per heavy atom. The van der Waals surface area contributed by atoms with Crippen LogP contribution in [0.2, 0.25) is 5.02 Å². The second kappa shape index (κ2) is 12.5. The third-order valence-corrected chi connectivity index (χ3v) is 6.30. The summed E-state index contributed by atoms with van der Waals surface area (Å²) in [6.45, 7) is 2.71.